The summed E-state index contributed by atoms with van der Waals surface area (Å²) in [6.45, 7) is 2.70. The van der Waals surface area contributed by atoms with Crippen molar-refractivity contribution in [2.45, 2.75) is 26.1 Å². The summed E-state index contributed by atoms with van der Waals surface area (Å²) in [7, 11) is 1.68. The van der Waals surface area contributed by atoms with Crippen molar-refractivity contribution in [2.75, 3.05) is 13.6 Å². The maximum absolute atomic E-state index is 12.6. The Kier molecular flexibility index (Phi) is 4.30. The van der Waals surface area contributed by atoms with Gasteiger partial charge in [-0.15, -0.1) is 0 Å². The molecule has 8 nitrogen and oxygen atoms in total. The number of nitrogens with zero attached hydrogens (tertiary/aromatic N) is 4. The third-order valence-corrected chi connectivity index (χ3v) is 4.00. The topological polar surface area (TPSA) is 100 Å². The van der Waals surface area contributed by atoms with Crippen LogP contribution in [0.1, 0.15) is 32.1 Å². The number of aliphatic hydroxyl groups excluding tert-OH is 1. The lowest BCUT2D eigenvalue weighted by Gasteiger charge is -2.17. The van der Waals surface area contributed by atoms with Crippen molar-refractivity contribution < 1.29 is 14.7 Å². The molecule has 24 heavy (non-hydrogen) atoms. The maximum Gasteiger partial charge on any atom is 0.274 e. The Labute approximate surface area is 139 Å². The number of amides is 2. The van der Waals surface area contributed by atoms with Gasteiger partial charge in [-0.3, -0.25) is 19.3 Å². The average molecular weight is 329 g/mol. The van der Waals surface area contributed by atoms with E-state index in [-0.39, 0.29) is 36.3 Å². The molecule has 0 aromatic carbocycles. The van der Waals surface area contributed by atoms with Crippen molar-refractivity contribution in [3.63, 3.8) is 0 Å². The van der Waals surface area contributed by atoms with E-state index in [4.69, 9.17) is 0 Å². The molecule has 0 radical (unpaired) electrons. The van der Waals surface area contributed by atoms with Crippen LogP contribution in [-0.2, 0) is 13.1 Å². The van der Waals surface area contributed by atoms with Gasteiger partial charge in [0.2, 0.25) is 0 Å². The lowest BCUT2D eigenvalue weighted by molar-refractivity contribution is 0.0776. The Morgan fingerprint density at radius 1 is 1.54 bits per heavy atom. The molecule has 0 saturated carbocycles. The van der Waals surface area contributed by atoms with Crippen LogP contribution >= 0.6 is 0 Å². The van der Waals surface area contributed by atoms with Crippen LogP contribution in [0, 0.1) is 6.92 Å². The summed E-state index contributed by atoms with van der Waals surface area (Å²) < 4.78 is 1.38. The van der Waals surface area contributed by atoms with Gasteiger partial charge in [0.05, 0.1) is 12.6 Å². The van der Waals surface area contributed by atoms with Gasteiger partial charge in [-0.2, -0.15) is 5.10 Å². The molecule has 3 heterocycles. The molecule has 1 aliphatic rings. The van der Waals surface area contributed by atoms with Gasteiger partial charge in [-0.05, 0) is 24.1 Å². The predicted octanol–water partition coefficient (Wildman–Crippen LogP) is -0.0370. The first-order chi connectivity index (χ1) is 11.5. The first-order valence-electron chi connectivity index (χ1n) is 7.64. The van der Waals surface area contributed by atoms with E-state index < -0.39 is 6.10 Å². The number of hydrogen-bond acceptors (Lipinski definition) is 5. The van der Waals surface area contributed by atoms with Crippen LogP contribution in [0.15, 0.2) is 24.5 Å². The van der Waals surface area contributed by atoms with E-state index in [1.165, 1.54) is 10.7 Å². The van der Waals surface area contributed by atoms with Gasteiger partial charge in [-0.1, -0.05) is 0 Å². The van der Waals surface area contributed by atoms with Crippen molar-refractivity contribution in [2.24, 2.45) is 0 Å². The molecule has 2 amide bonds. The highest BCUT2D eigenvalue weighted by molar-refractivity contribution is 5.98. The van der Waals surface area contributed by atoms with E-state index in [9.17, 15) is 14.7 Å². The molecule has 2 aromatic heterocycles. The quantitative estimate of drug-likeness (QED) is 0.823. The van der Waals surface area contributed by atoms with Crippen molar-refractivity contribution >= 4 is 11.8 Å². The minimum atomic E-state index is -0.727. The molecule has 126 valence electrons. The SMILES string of the molecule is Cc1cnccc1CN(C)C(=O)c1cc2n(n1)CC(O)CNC2=O. The minimum Gasteiger partial charge on any atom is -0.389 e. The zero-order valence-corrected chi connectivity index (χ0v) is 13.6. The normalized spacial score (nSPS) is 17.0. The number of carbonyl (C=O) groups is 2. The fraction of sp³-hybridized carbons (Fsp3) is 0.375. The lowest BCUT2D eigenvalue weighted by Crippen LogP contribution is -2.30. The van der Waals surface area contributed by atoms with Crippen LogP contribution in [0.4, 0.5) is 0 Å². The van der Waals surface area contributed by atoms with Crippen molar-refractivity contribution in [1.29, 1.82) is 0 Å². The summed E-state index contributed by atoms with van der Waals surface area (Å²) >= 11 is 0. The molecule has 2 aromatic rings. The first kappa shape index (κ1) is 16.1. The highest BCUT2D eigenvalue weighted by Gasteiger charge is 2.25. The molecule has 0 aliphatic carbocycles. The standard InChI is InChI=1S/C16H19N5O3/c1-10-6-17-4-3-11(10)8-20(2)16(24)13-5-14-15(23)18-7-12(22)9-21(14)19-13/h3-6,12,22H,7-9H2,1-2H3,(H,18,23). The van der Waals surface area contributed by atoms with Crippen molar-refractivity contribution in [1.82, 2.24) is 25.0 Å². The van der Waals surface area contributed by atoms with E-state index in [2.05, 4.69) is 15.4 Å². The molecule has 3 rings (SSSR count). The number of aryl methyl sites for hydroxylation is 1. The second-order valence-electron chi connectivity index (χ2n) is 5.92. The number of pyridine rings is 1. The number of aliphatic hydroxyl groups is 1. The number of nitrogens with one attached hydrogen (secondary N) is 1. The second-order valence-corrected chi connectivity index (χ2v) is 5.92. The summed E-state index contributed by atoms with van der Waals surface area (Å²) in [5.41, 5.74) is 2.46. The zero-order valence-electron chi connectivity index (χ0n) is 13.6. The van der Waals surface area contributed by atoms with Crippen molar-refractivity contribution in [3.8, 4) is 0 Å². The maximum atomic E-state index is 12.6. The van der Waals surface area contributed by atoms with E-state index >= 15 is 0 Å². The van der Waals surface area contributed by atoms with E-state index in [0.29, 0.717) is 6.54 Å². The van der Waals surface area contributed by atoms with Crippen LogP contribution in [0.2, 0.25) is 0 Å². The Morgan fingerprint density at radius 2 is 2.33 bits per heavy atom. The Hall–Kier alpha value is -2.74. The fourth-order valence-electron chi connectivity index (χ4n) is 2.61. The van der Waals surface area contributed by atoms with Gasteiger partial charge in [-0.25, -0.2) is 0 Å². The Balaban J connectivity index is 1.80. The van der Waals surface area contributed by atoms with Crippen LogP contribution in [0.5, 0.6) is 0 Å². The van der Waals surface area contributed by atoms with Gasteiger partial charge < -0.3 is 15.3 Å². The molecule has 2 N–H and O–H groups in total. The summed E-state index contributed by atoms with van der Waals surface area (Å²) in [6, 6.07) is 3.33. The molecule has 0 spiro atoms. The molecular weight excluding hydrogens is 310 g/mol. The summed E-state index contributed by atoms with van der Waals surface area (Å²) in [5, 5.41) is 16.5. The predicted molar refractivity (Wildman–Crippen MR) is 85.3 cm³/mol. The van der Waals surface area contributed by atoms with E-state index in [1.807, 2.05) is 13.0 Å². The van der Waals surface area contributed by atoms with Gasteiger partial charge in [0.1, 0.15) is 5.69 Å². The number of aromatic nitrogens is 3. The molecule has 0 bridgehead atoms. The Morgan fingerprint density at radius 3 is 3.08 bits per heavy atom. The third kappa shape index (κ3) is 3.13. The number of rotatable bonds is 3. The second kappa shape index (κ2) is 6.40. The number of hydrogen-bond donors (Lipinski definition) is 2. The molecule has 0 fully saturated rings. The average Bonchev–Trinajstić information content (AvgIpc) is 2.92. The fourth-order valence-corrected chi connectivity index (χ4v) is 2.61. The summed E-state index contributed by atoms with van der Waals surface area (Å²) in [5.74, 6) is -0.625. The number of fused-ring (bicyclic) bond motifs is 1. The Bertz CT molecular complexity index is 786. The van der Waals surface area contributed by atoms with E-state index in [0.717, 1.165) is 11.1 Å². The largest absolute Gasteiger partial charge is 0.389 e. The first-order valence-corrected chi connectivity index (χ1v) is 7.64. The van der Waals surface area contributed by atoms with Gasteiger partial charge in [0, 0.05) is 38.6 Å². The van der Waals surface area contributed by atoms with Crippen molar-refractivity contribution in [3.05, 3.63) is 47.0 Å². The monoisotopic (exact) mass is 329 g/mol. The van der Waals surface area contributed by atoms with E-state index in [1.54, 1.807) is 24.3 Å². The number of carbonyl (C=O) groups excluding carboxylic acids is 2. The molecule has 1 atom stereocenters. The van der Waals surface area contributed by atoms with Crippen LogP contribution in [0.25, 0.3) is 0 Å². The van der Waals surface area contributed by atoms with Crippen LogP contribution in [-0.4, -0.2) is 56.3 Å². The summed E-state index contributed by atoms with van der Waals surface area (Å²) in [6.07, 6.45) is 2.71. The molecule has 1 unspecified atom stereocenters. The van der Waals surface area contributed by atoms with Gasteiger partial charge >= 0.3 is 0 Å². The smallest absolute Gasteiger partial charge is 0.274 e. The van der Waals surface area contributed by atoms with Gasteiger partial charge in [0.15, 0.2) is 5.69 Å². The number of β-amino-alcohol motifs (C(OH)–C–C–N with tert-alkyl or cyclic N) is 1. The van der Waals surface area contributed by atoms with Crippen LogP contribution in [0.3, 0.4) is 0 Å². The third-order valence-electron chi connectivity index (χ3n) is 4.00. The van der Waals surface area contributed by atoms with Crippen LogP contribution < -0.4 is 5.32 Å². The summed E-state index contributed by atoms with van der Waals surface area (Å²) in [4.78, 5) is 30.1. The van der Waals surface area contributed by atoms with Gasteiger partial charge in [0.25, 0.3) is 11.8 Å². The minimum absolute atomic E-state index is 0.173. The molecule has 8 heteroatoms. The molecule has 0 saturated heterocycles. The highest BCUT2D eigenvalue weighted by atomic mass is 16.3. The molecular formula is C16H19N5O3. The zero-order chi connectivity index (χ0) is 17.3. The molecule has 1 aliphatic heterocycles. The lowest BCUT2D eigenvalue weighted by atomic mass is 10.1. The highest BCUT2D eigenvalue weighted by Crippen LogP contribution is 2.13.